The Hall–Kier alpha value is -2.80. The minimum atomic E-state index is -0.443. The molecular weight excluding hydrogens is 336 g/mol. The molecule has 0 aliphatic rings. The van der Waals surface area contributed by atoms with Crippen molar-refractivity contribution in [3.63, 3.8) is 0 Å². The predicted molar refractivity (Wildman–Crippen MR) is 96.4 cm³/mol. The van der Waals surface area contributed by atoms with Gasteiger partial charge in [0.15, 0.2) is 0 Å². The molecule has 6 nitrogen and oxygen atoms in total. The Kier molecular flexibility index (Phi) is 5.35. The third-order valence-corrected chi connectivity index (χ3v) is 4.56. The second-order valence-corrected chi connectivity index (χ2v) is 6.47. The first-order chi connectivity index (χ1) is 12.1. The highest BCUT2D eigenvalue weighted by Gasteiger charge is 2.19. The minimum Gasteiger partial charge on any atom is -0.346 e. The van der Waals surface area contributed by atoms with E-state index in [-0.39, 0.29) is 18.5 Å². The van der Waals surface area contributed by atoms with Crippen molar-refractivity contribution in [2.24, 2.45) is 0 Å². The number of nitrogens with zero attached hydrogens (tertiary/aromatic N) is 3. The fraction of sp³-hybridized carbons (Fsp3) is 0.222. The molecule has 3 aromatic rings. The molecule has 0 aliphatic heterocycles. The van der Waals surface area contributed by atoms with Crippen molar-refractivity contribution >= 4 is 17.2 Å². The normalized spacial score (nSPS) is 11.9. The van der Waals surface area contributed by atoms with E-state index in [0.717, 1.165) is 16.8 Å². The number of hydrogen-bond donors (Lipinski definition) is 1. The van der Waals surface area contributed by atoms with Gasteiger partial charge >= 0.3 is 5.69 Å². The number of aryl methyl sites for hydroxylation is 1. The average molecular weight is 354 g/mol. The lowest BCUT2D eigenvalue weighted by Crippen LogP contribution is -2.36. The van der Waals surface area contributed by atoms with Gasteiger partial charge in [-0.1, -0.05) is 6.07 Å². The number of carbonyl (C=O) groups excluding carboxylic acids is 1. The number of hydrogen-bond acceptors (Lipinski definition) is 5. The molecule has 3 aromatic heterocycles. The van der Waals surface area contributed by atoms with Gasteiger partial charge in [0.05, 0.1) is 11.7 Å². The maximum atomic E-state index is 12.5. The van der Waals surface area contributed by atoms with Crippen molar-refractivity contribution < 1.29 is 4.79 Å². The van der Waals surface area contributed by atoms with Crippen LogP contribution >= 0.6 is 11.3 Å². The van der Waals surface area contributed by atoms with E-state index >= 15 is 0 Å². The molecule has 3 rings (SSSR count). The summed E-state index contributed by atoms with van der Waals surface area (Å²) in [6, 6.07) is 7.25. The Morgan fingerprint density at radius 3 is 2.84 bits per heavy atom. The molecule has 0 aliphatic carbocycles. The summed E-state index contributed by atoms with van der Waals surface area (Å²) in [4.78, 5) is 32.3. The molecule has 128 valence electrons. The summed E-state index contributed by atoms with van der Waals surface area (Å²) in [6.45, 7) is 1.90. The molecule has 1 atom stereocenters. The highest BCUT2D eigenvalue weighted by atomic mass is 32.1. The quantitative estimate of drug-likeness (QED) is 0.735. The Balaban J connectivity index is 1.80. The maximum absolute atomic E-state index is 12.5. The molecule has 0 radical (unpaired) electrons. The van der Waals surface area contributed by atoms with Crippen LogP contribution < -0.4 is 11.0 Å². The van der Waals surface area contributed by atoms with E-state index in [1.165, 1.54) is 10.8 Å². The second kappa shape index (κ2) is 7.85. The van der Waals surface area contributed by atoms with Crippen LogP contribution in [-0.4, -0.2) is 20.4 Å². The van der Waals surface area contributed by atoms with E-state index in [2.05, 4.69) is 20.7 Å². The van der Waals surface area contributed by atoms with Crippen LogP contribution in [0, 0.1) is 6.92 Å². The number of aromatic nitrogens is 3. The summed E-state index contributed by atoms with van der Waals surface area (Å²) in [5, 5.41) is 7.07. The van der Waals surface area contributed by atoms with Gasteiger partial charge in [0.2, 0.25) is 5.91 Å². The lowest BCUT2D eigenvalue weighted by Gasteiger charge is -2.20. The van der Waals surface area contributed by atoms with Crippen molar-refractivity contribution in [1.82, 2.24) is 19.9 Å². The average Bonchev–Trinajstić information content (AvgIpc) is 3.10. The number of nitrogens with one attached hydrogen (secondary N) is 1. The number of carbonyl (C=O) groups is 1. The molecule has 7 heteroatoms. The first-order valence-corrected chi connectivity index (χ1v) is 8.81. The third-order valence-electron chi connectivity index (χ3n) is 3.83. The van der Waals surface area contributed by atoms with Gasteiger partial charge < -0.3 is 5.32 Å². The Morgan fingerprint density at radius 2 is 2.12 bits per heavy atom. The van der Waals surface area contributed by atoms with Crippen molar-refractivity contribution in [2.75, 3.05) is 0 Å². The fourth-order valence-corrected chi connectivity index (χ4v) is 3.31. The molecular formula is C18H18N4O2S. The molecule has 0 saturated carbocycles. The molecule has 0 bridgehead atoms. The summed E-state index contributed by atoms with van der Waals surface area (Å²) in [7, 11) is 0. The van der Waals surface area contributed by atoms with Gasteiger partial charge in [0, 0.05) is 18.6 Å². The zero-order chi connectivity index (χ0) is 17.6. The standard InChI is InChI=1S/C18H18N4O2S/c1-13-4-2-6-19-17(13)15(10-14-5-9-25-12-14)21-16(23)11-22-8-3-7-20-18(22)24/h2-9,12,15H,10-11H2,1H3,(H,21,23)/t15-/m1/s1. The van der Waals surface area contributed by atoms with Gasteiger partial charge in [-0.3, -0.25) is 14.3 Å². The van der Waals surface area contributed by atoms with E-state index in [9.17, 15) is 9.59 Å². The molecule has 0 fully saturated rings. The minimum absolute atomic E-state index is 0.0707. The molecule has 0 saturated heterocycles. The second-order valence-electron chi connectivity index (χ2n) is 5.69. The van der Waals surface area contributed by atoms with Crippen molar-refractivity contribution in [1.29, 1.82) is 0 Å². The van der Waals surface area contributed by atoms with Crippen LogP contribution in [0.15, 0.2) is 58.4 Å². The van der Waals surface area contributed by atoms with Gasteiger partial charge in [0.1, 0.15) is 6.54 Å². The van der Waals surface area contributed by atoms with Crippen LogP contribution in [-0.2, 0) is 17.8 Å². The summed E-state index contributed by atoms with van der Waals surface area (Å²) in [5.41, 5.74) is 2.54. The zero-order valence-corrected chi connectivity index (χ0v) is 14.6. The van der Waals surface area contributed by atoms with Gasteiger partial charge in [-0.2, -0.15) is 11.3 Å². The number of thiophene rings is 1. The number of rotatable bonds is 6. The number of amides is 1. The lowest BCUT2D eigenvalue weighted by molar-refractivity contribution is -0.122. The molecule has 0 aromatic carbocycles. The van der Waals surface area contributed by atoms with Crippen molar-refractivity contribution in [3.05, 3.63) is 80.9 Å². The Labute approximate surface area is 149 Å². The maximum Gasteiger partial charge on any atom is 0.347 e. The molecule has 25 heavy (non-hydrogen) atoms. The van der Waals surface area contributed by atoms with E-state index in [1.807, 2.05) is 30.5 Å². The largest absolute Gasteiger partial charge is 0.347 e. The topological polar surface area (TPSA) is 76.9 Å². The van der Waals surface area contributed by atoms with Gasteiger partial charge in [-0.15, -0.1) is 0 Å². The van der Waals surface area contributed by atoms with E-state index in [1.54, 1.807) is 29.8 Å². The van der Waals surface area contributed by atoms with Gasteiger partial charge in [-0.05, 0) is 53.4 Å². The Bertz CT molecular complexity index is 905. The Morgan fingerprint density at radius 1 is 1.28 bits per heavy atom. The number of pyridine rings is 1. The predicted octanol–water partition coefficient (Wildman–Crippen LogP) is 2.11. The first kappa shape index (κ1) is 17.0. The van der Waals surface area contributed by atoms with E-state index in [0.29, 0.717) is 6.42 Å². The summed E-state index contributed by atoms with van der Waals surface area (Å²) in [5.74, 6) is -0.250. The smallest absolute Gasteiger partial charge is 0.346 e. The summed E-state index contributed by atoms with van der Waals surface area (Å²) < 4.78 is 1.28. The van der Waals surface area contributed by atoms with Crippen LogP contribution in [0.3, 0.4) is 0 Å². The van der Waals surface area contributed by atoms with Crippen molar-refractivity contribution in [2.45, 2.75) is 25.9 Å². The van der Waals surface area contributed by atoms with Crippen LogP contribution in [0.4, 0.5) is 0 Å². The fourth-order valence-electron chi connectivity index (χ4n) is 2.63. The van der Waals surface area contributed by atoms with Crippen molar-refractivity contribution in [3.8, 4) is 0 Å². The monoisotopic (exact) mass is 354 g/mol. The van der Waals surface area contributed by atoms with E-state index in [4.69, 9.17) is 0 Å². The first-order valence-electron chi connectivity index (χ1n) is 7.87. The highest BCUT2D eigenvalue weighted by molar-refractivity contribution is 7.07. The van der Waals surface area contributed by atoms with Gasteiger partial charge in [-0.25, -0.2) is 9.78 Å². The molecule has 1 amide bonds. The van der Waals surface area contributed by atoms with Crippen LogP contribution in [0.5, 0.6) is 0 Å². The molecule has 0 spiro atoms. The summed E-state index contributed by atoms with van der Waals surface area (Å²) in [6.07, 6.45) is 5.33. The van der Waals surface area contributed by atoms with Crippen LogP contribution in [0.1, 0.15) is 22.9 Å². The third kappa shape index (κ3) is 4.39. The van der Waals surface area contributed by atoms with Crippen LogP contribution in [0.2, 0.25) is 0 Å². The van der Waals surface area contributed by atoms with Gasteiger partial charge in [0.25, 0.3) is 0 Å². The molecule has 3 heterocycles. The zero-order valence-electron chi connectivity index (χ0n) is 13.8. The lowest BCUT2D eigenvalue weighted by atomic mass is 10.0. The van der Waals surface area contributed by atoms with E-state index < -0.39 is 5.69 Å². The molecule has 1 N–H and O–H groups in total. The van der Waals surface area contributed by atoms with Crippen LogP contribution in [0.25, 0.3) is 0 Å². The summed E-state index contributed by atoms with van der Waals surface area (Å²) >= 11 is 1.62. The molecule has 0 unspecified atom stereocenters. The SMILES string of the molecule is Cc1cccnc1[C@@H](Cc1ccsc1)NC(=O)Cn1cccnc1=O. The highest BCUT2D eigenvalue weighted by Crippen LogP contribution is 2.21.